The third-order valence-electron chi connectivity index (χ3n) is 8.75. The average Bonchev–Trinajstić information content (AvgIpc) is 3.10. The maximum atomic E-state index is 3.69. The predicted molar refractivity (Wildman–Crippen MR) is 204 cm³/mol. The molecule has 0 aromatic heterocycles. The van der Waals surface area contributed by atoms with E-state index in [-0.39, 0.29) is 0 Å². The van der Waals surface area contributed by atoms with Crippen LogP contribution in [-0.4, -0.2) is 0 Å². The van der Waals surface area contributed by atoms with Crippen molar-refractivity contribution in [2.75, 3.05) is 10.6 Å². The molecule has 0 aliphatic rings. The van der Waals surface area contributed by atoms with E-state index in [2.05, 4.69) is 128 Å². The van der Waals surface area contributed by atoms with Gasteiger partial charge in [-0.3, -0.25) is 0 Å². The molecule has 0 unspecified atom stereocenters. The fraction of sp³-hybridized carbons (Fsp3) is 0.364. The Morgan fingerprint density at radius 2 is 0.870 bits per heavy atom. The lowest BCUT2D eigenvalue weighted by Crippen LogP contribution is -2.02. The van der Waals surface area contributed by atoms with Crippen LogP contribution in [0.4, 0.5) is 22.7 Å². The van der Waals surface area contributed by atoms with E-state index < -0.39 is 0 Å². The summed E-state index contributed by atoms with van der Waals surface area (Å²) in [6, 6.07) is 42.4. The lowest BCUT2D eigenvalue weighted by molar-refractivity contribution is 0.599. The summed E-state index contributed by atoms with van der Waals surface area (Å²) in [4.78, 5) is 0. The Hall–Kier alpha value is -4.04. The minimum Gasteiger partial charge on any atom is -0.355 e. The molecule has 0 saturated heterocycles. The summed E-state index contributed by atoms with van der Waals surface area (Å²) in [5, 5.41) is 9.65. The van der Waals surface area contributed by atoms with Gasteiger partial charge in [0.15, 0.2) is 0 Å². The highest BCUT2D eigenvalue weighted by molar-refractivity contribution is 5.95. The smallest absolute Gasteiger partial charge is 0.0463 e. The van der Waals surface area contributed by atoms with E-state index in [4.69, 9.17) is 0 Å². The van der Waals surface area contributed by atoms with Crippen molar-refractivity contribution in [1.29, 1.82) is 0 Å². The van der Waals surface area contributed by atoms with Gasteiger partial charge in [-0.2, -0.15) is 0 Å². The van der Waals surface area contributed by atoms with Crippen molar-refractivity contribution in [2.45, 2.75) is 104 Å². The predicted octanol–water partition coefficient (Wildman–Crippen LogP) is 13.8. The van der Waals surface area contributed by atoms with Crippen molar-refractivity contribution in [2.24, 2.45) is 0 Å². The molecule has 2 nitrogen and oxygen atoms in total. The van der Waals surface area contributed by atoms with Crippen molar-refractivity contribution < 1.29 is 0 Å². The van der Waals surface area contributed by atoms with E-state index in [1.165, 1.54) is 112 Å². The SMILES string of the molecule is CCCCCCCCc1cccc(Nc2ccccc2)c1CCCCCCCC.c1ccc(Nc2cccc3ccccc23)cc1. The molecule has 0 aliphatic carbocycles. The van der Waals surface area contributed by atoms with Crippen LogP contribution in [0.1, 0.15) is 102 Å². The van der Waals surface area contributed by atoms with Gasteiger partial charge in [0, 0.05) is 28.1 Å². The largest absolute Gasteiger partial charge is 0.355 e. The summed E-state index contributed by atoms with van der Waals surface area (Å²) < 4.78 is 0. The van der Waals surface area contributed by atoms with Crippen molar-refractivity contribution in [3.63, 3.8) is 0 Å². The first kappa shape index (κ1) is 34.8. The van der Waals surface area contributed by atoms with Crippen molar-refractivity contribution in [3.05, 3.63) is 132 Å². The lowest BCUT2D eigenvalue weighted by Gasteiger charge is -2.17. The van der Waals surface area contributed by atoms with E-state index in [1.807, 2.05) is 18.2 Å². The summed E-state index contributed by atoms with van der Waals surface area (Å²) in [5.41, 5.74) is 7.88. The second-order valence-corrected chi connectivity index (χ2v) is 12.5. The van der Waals surface area contributed by atoms with E-state index in [1.54, 1.807) is 11.1 Å². The third-order valence-corrected chi connectivity index (χ3v) is 8.75. The molecular weight excluding hydrogens is 556 g/mol. The quantitative estimate of drug-likeness (QED) is 0.0962. The van der Waals surface area contributed by atoms with Crippen molar-refractivity contribution in [3.8, 4) is 0 Å². The van der Waals surface area contributed by atoms with Crippen molar-refractivity contribution >= 4 is 33.5 Å². The van der Waals surface area contributed by atoms with Gasteiger partial charge in [0.05, 0.1) is 0 Å². The molecule has 0 saturated carbocycles. The normalized spacial score (nSPS) is 10.7. The summed E-state index contributed by atoms with van der Waals surface area (Å²) in [6.45, 7) is 4.58. The zero-order chi connectivity index (χ0) is 32.1. The van der Waals surface area contributed by atoms with Crippen LogP contribution in [0.15, 0.2) is 121 Å². The number of hydrogen-bond acceptors (Lipinski definition) is 2. The van der Waals surface area contributed by atoms with Gasteiger partial charge in [0.25, 0.3) is 0 Å². The zero-order valence-electron chi connectivity index (χ0n) is 28.4. The Kier molecular flexibility index (Phi) is 15.8. The molecule has 5 aromatic carbocycles. The van der Waals surface area contributed by atoms with Crippen molar-refractivity contribution in [1.82, 2.24) is 0 Å². The van der Waals surface area contributed by atoms with Gasteiger partial charge in [0.1, 0.15) is 0 Å². The van der Waals surface area contributed by atoms with Crippen LogP contribution in [0, 0.1) is 0 Å². The van der Waals surface area contributed by atoms with Crippen LogP contribution in [0.2, 0.25) is 0 Å². The van der Waals surface area contributed by atoms with Gasteiger partial charge in [-0.1, -0.05) is 163 Å². The van der Waals surface area contributed by atoms with Crippen LogP contribution < -0.4 is 10.6 Å². The van der Waals surface area contributed by atoms with Gasteiger partial charge in [-0.25, -0.2) is 0 Å². The van der Waals surface area contributed by atoms with E-state index in [0.29, 0.717) is 0 Å². The second-order valence-electron chi connectivity index (χ2n) is 12.5. The zero-order valence-corrected chi connectivity index (χ0v) is 28.4. The van der Waals surface area contributed by atoms with E-state index in [0.717, 1.165) is 11.4 Å². The number of benzene rings is 5. The number of anilines is 4. The number of nitrogens with one attached hydrogen (secondary N) is 2. The van der Waals surface area contributed by atoms with Gasteiger partial charge in [-0.15, -0.1) is 0 Å². The highest BCUT2D eigenvalue weighted by Gasteiger charge is 2.09. The molecule has 46 heavy (non-hydrogen) atoms. The summed E-state index contributed by atoms with van der Waals surface area (Å²) >= 11 is 0. The Labute approximate surface area is 279 Å². The fourth-order valence-electron chi connectivity index (χ4n) is 6.15. The van der Waals surface area contributed by atoms with Gasteiger partial charge >= 0.3 is 0 Å². The average molecular weight is 613 g/mol. The van der Waals surface area contributed by atoms with Crippen LogP contribution in [0.25, 0.3) is 10.8 Å². The van der Waals surface area contributed by atoms with E-state index >= 15 is 0 Å². The Balaban J connectivity index is 0.000000237. The van der Waals surface area contributed by atoms with Gasteiger partial charge in [-0.05, 0) is 78.6 Å². The second kappa shape index (κ2) is 20.9. The summed E-state index contributed by atoms with van der Waals surface area (Å²) in [5.74, 6) is 0. The molecule has 0 aliphatic heterocycles. The fourth-order valence-corrected chi connectivity index (χ4v) is 6.15. The maximum Gasteiger partial charge on any atom is 0.0463 e. The number of para-hydroxylation sites is 2. The van der Waals surface area contributed by atoms with Crippen LogP contribution in [0.5, 0.6) is 0 Å². The molecule has 0 atom stereocenters. The molecule has 0 radical (unpaired) electrons. The van der Waals surface area contributed by atoms with E-state index in [9.17, 15) is 0 Å². The molecule has 0 fully saturated rings. The number of hydrogen-bond donors (Lipinski definition) is 2. The maximum absolute atomic E-state index is 3.69. The molecule has 5 aromatic rings. The first-order valence-electron chi connectivity index (χ1n) is 18.0. The molecule has 0 heterocycles. The van der Waals surface area contributed by atoms with Gasteiger partial charge in [0.2, 0.25) is 0 Å². The third kappa shape index (κ3) is 12.0. The Morgan fingerprint density at radius 3 is 1.52 bits per heavy atom. The molecule has 0 spiro atoms. The van der Waals surface area contributed by atoms with Crippen LogP contribution in [-0.2, 0) is 12.8 Å². The Bertz CT molecular complexity index is 1500. The number of aryl methyl sites for hydroxylation is 1. The van der Waals surface area contributed by atoms with Gasteiger partial charge < -0.3 is 10.6 Å². The molecule has 0 amide bonds. The molecular formula is C44H56N2. The summed E-state index contributed by atoms with van der Waals surface area (Å²) in [6.07, 6.45) is 18.8. The topological polar surface area (TPSA) is 24.1 Å². The number of fused-ring (bicyclic) bond motifs is 1. The molecule has 0 bridgehead atoms. The summed E-state index contributed by atoms with van der Waals surface area (Å²) in [7, 11) is 0. The highest BCUT2D eigenvalue weighted by atomic mass is 14.9. The minimum absolute atomic E-state index is 1.11. The number of rotatable bonds is 18. The molecule has 5 rings (SSSR count). The first-order chi connectivity index (χ1) is 22.8. The monoisotopic (exact) mass is 612 g/mol. The van der Waals surface area contributed by atoms with Crippen LogP contribution in [0.3, 0.4) is 0 Å². The first-order valence-corrected chi connectivity index (χ1v) is 18.0. The lowest BCUT2D eigenvalue weighted by atomic mass is 9.94. The molecule has 2 heteroatoms. The standard InChI is InChI=1S/C28H43N.C16H13N/c1-3-5-7-9-11-14-19-25-20-18-24-28(29-26-21-15-13-16-22-26)27(25)23-17-12-10-8-6-4-2;1-2-9-14(10-3-1)17-16-12-6-8-13-7-4-5-11-15(13)16/h13,15-16,18,20-22,24,29H,3-12,14,17,19,23H2,1-2H3;1-12,17H. The Morgan fingerprint density at radius 1 is 0.391 bits per heavy atom. The molecule has 2 N–H and O–H groups in total. The number of unbranched alkanes of at least 4 members (excludes halogenated alkanes) is 10. The minimum atomic E-state index is 1.11. The molecule has 242 valence electrons. The van der Waals surface area contributed by atoms with Crippen LogP contribution >= 0.6 is 0 Å². The highest BCUT2D eigenvalue weighted by Crippen LogP contribution is 2.28.